The third-order valence-electron chi connectivity index (χ3n) is 3.78. The number of carbonyl (C=O) groups is 1. The van der Waals surface area contributed by atoms with E-state index >= 15 is 0 Å². The summed E-state index contributed by atoms with van der Waals surface area (Å²) in [5, 5.41) is 2.98. The van der Waals surface area contributed by atoms with Crippen molar-refractivity contribution in [3.05, 3.63) is 88.2 Å². The summed E-state index contributed by atoms with van der Waals surface area (Å²) < 4.78 is 27.7. The fourth-order valence-electron chi connectivity index (χ4n) is 2.41. The molecule has 0 saturated heterocycles. The maximum atomic E-state index is 12.6. The second-order valence-electron chi connectivity index (χ2n) is 5.72. The van der Waals surface area contributed by atoms with Crippen LogP contribution in [-0.2, 0) is 16.6 Å². The quantitative estimate of drug-likeness (QED) is 0.569. The number of nitrogens with zero attached hydrogens (tertiary/aromatic N) is 1. The van der Waals surface area contributed by atoms with Crippen LogP contribution in [0.2, 0.25) is 10.2 Å². The van der Waals surface area contributed by atoms with Gasteiger partial charge in [-0.2, -0.15) is 0 Å². The van der Waals surface area contributed by atoms with Crippen molar-refractivity contribution in [2.45, 2.75) is 11.4 Å². The van der Waals surface area contributed by atoms with E-state index in [1.807, 2.05) is 0 Å². The van der Waals surface area contributed by atoms with Crippen molar-refractivity contribution in [3.63, 3.8) is 0 Å². The molecule has 0 radical (unpaired) electrons. The molecule has 0 aliphatic heterocycles. The van der Waals surface area contributed by atoms with Crippen LogP contribution < -0.4 is 10.0 Å². The van der Waals surface area contributed by atoms with Gasteiger partial charge in [0.2, 0.25) is 0 Å². The van der Waals surface area contributed by atoms with Crippen LogP contribution >= 0.6 is 23.2 Å². The molecule has 1 amide bonds. The van der Waals surface area contributed by atoms with Crippen molar-refractivity contribution in [2.75, 3.05) is 4.72 Å². The number of para-hydroxylation sites is 1. The molecule has 3 rings (SSSR count). The number of anilines is 1. The van der Waals surface area contributed by atoms with E-state index in [1.165, 1.54) is 24.3 Å². The molecule has 2 aromatic carbocycles. The molecule has 0 saturated carbocycles. The topological polar surface area (TPSA) is 88.2 Å². The highest BCUT2D eigenvalue weighted by Gasteiger charge is 2.17. The number of hydrogen-bond donors (Lipinski definition) is 2. The third kappa shape index (κ3) is 4.81. The Kier molecular flexibility index (Phi) is 6.18. The highest BCUT2D eigenvalue weighted by molar-refractivity contribution is 7.92. The van der Waals surface area contributed by atoms with Crippen molar-refractivity contribution in [2.24, 2.45) is 0 Å². The Labute approximate surface area is 172 Å². The molecule has 144 valence electrons. The van der Waals surface area contributed by atoms with Gasteiger partial charge < -0.3 is 5.32 Å². The maximum absolute atomic E-state index is 12.6. The number of amides is 1. The van der Waals surface area contributed by atoms with Gasteiger partial charge in [-0.1, -0.05) is 59.6 Å². The van der Waals surface area contributed by atoms with Crippen LogP contribution in [0.5, 0.6) is 0 Å². The van der Waals surface area contributed by atoms with E-state index in [1.54, 1.807) is 42.5 Å². The molecule has 0 atom stereocenters. The van der Waals surface area contributed by atoms with E-state index in [9.17, 15) is 13.2 Å². The Bertz CT molecular complexity index is 1110. The number of hydrogen-bond acceptors (Lipinski definition) is 4. The molecule has 0 aliphatic rings. The molecule has 0 unspecified atom stereocenters. The first-order valence-corrected chi connectivity index (χ1v) is 10.4. The summed E-state index contributed by atoms with van der Waals surface area (Å²) in [5.74, 6) is -0.520. The molecule has 0 aliphatic carbocycles. The Morgan fingerprint density at radius 3 is 2.36 bits per heavy atom. The summed E-state index contributed by atoms with van der Waals surface area (Å²) in [4.78, 5) is 16.4. The fourth-order valence-corrected chi connectivity index (χ4v) is 3.87. The summed E-state index contributed by atoms with van der Waals surface area (Å²) in [7, 11) is -3.75. The summed E-state index contributed by atoms with van der Waals surface area (Å²) in [6.07, 6.45) is 0. The van der Waals surface area contributed by atoms with Gasteiger partial charge >= 0.3 is 0 Å². The molecule has 9 heteroatoms. The van der Waals surface area contributed by atoms with E-state index in [0.29, 0.717) is 11.3 Å². The zero-order valence-corrected chi connectivity index (χ0v) is 16.7. The molecule has 0 spiro atoms. The predicted octanol–water partition coefficient (Wildman–Crippen LogP) is 4.12. The normalized spacial score (nSPS) is 11.1. The zero-order valence-electron chi connectivity index (χ0n) is 14.4. The standard InChI is InChI=1S/C19H15Cl2N3O3S/c20-15-10-11-17(21)23-18(15)19(25)22-12-13-6-4-5-9-16(13)24-28(26,27)14-7-2-1-3-8-14/h1-11,24H,12H2,(H,22,25). The lowest BCUT2D eigenvalue weighted by atomic mass is 10.2. The van der Waals surface area contributed by atoms with Crippen LogP contribution in [0.25, 0.3) is 0 Å². The van der Waals surface area contributed by atoms with E-state index < -0.39 is 15.9 Å². The van der Waals surface area contributed by atoms with Crippen molar-refractivity contribution < 1.29 is 13.2 Å². The number of nitrogens with one attached hydrogen (secondary N) is 2. The Balaban J connectivity index is 1.78. The number of rotatable bonds is 6. The van der Waals surface area contributed by atoms with Gasteiger partial charge in [0.1, 0.15) is 10.8 Å². The lowest BCUT2D eigenvalue weighted by molar-refractivity contribution is 0.0946. The number of aromatic nitrogens is 1. The van der Waals surface area contributed by atoms with Crippen molar-refractivity contribution in [1.82, 2.24) is 10.3 Å². The Morgan fingerprint density at radius 1 is 0.929 bits per heavy atom. The summed E-state index contributed by atoms with van der Waals surface area (Å²) in [6.45, 7) is 0.0663. The van der Waals surface area contributed by atoms with Gasteiger partial charge in [-0.25, -0.2) is 13.4 Å². The minimum absolute atomic E-state index is 0.00323. The van der Waals surface area contributed by atoms with Crippen LogP contribution in [0.4, 0.5) is 5.69 Å². The van der Waals surface area contributed by atoms with Crippen LogP contribution in [0.1, 0.15) is 16.1 Å². The molecule has 2 N–H and O–H groups in total. The molecular formula is C19H15Cl2N3O3S. The number of halogens is 2. The molecular weight excluding hydrogens is 421 g/mol. The average Bonchev–Trinajstić information content (AvgIpc) is 2.69. The van der Waals surface area contributed by atoms with Gasteiger partial charge in [0.25, 0.3) is 15.9 Å². The Hall–Kier alpha value is -2.61. The van der Waals surface area contributed by atoms with E-state index in [2.05, 4.69) is 15.0 Å². The van der Waals surface area contributed by atoms with Gasteiger partial charge in [0.05, 0.1) is 15.6 Å². The van der Waals surface area contributed by atoms with E-state index in [0.717, 1.165) is 0 Å². The smallest absolute Gasteiger partial charge is 0.271 e. The fraction of sp³-hybridized carbons (Fsp3) is 0.0526. The number of pyridine rings is 1. The van der Waals surface area contributed by atoms with E-state index in [4.69, 9.17) is 23.2 Å². The first-order valence-electron chi connectivity index (χ1n) is 8.13. The lowest BCUT2D eigenvalue weighted by Gasteiger charge is -2.13. The van der Waals surface area contributed by atoms with Gasteiger partial charge in [0, 0.05) is 6.54 Å². The van der Waals surface area contributed by atoms with Crippen molar-refractivity contribution in [3.8, 4) is 0 Å². The first kappa shape index (κ1) is 20.1. The molecule has 6 nitrogen and oxygen atoms in total. The molecule has 28 heavy (non-hydrogen) atoms. The number of sulfonamides is 1. The highest BCUT2D eigenvalue weighted by Crippen LogP contribution is 2.21. The summed E-state index contributed by atoms with van der Waals surface area (Å²) in [6, 6.07) is 17.7. The van der Waals surface area contributed by atoms with Gasteiger partial charge in [-0.3, -0.25) is 9.52 Å². The van der Waals surface area contributed by atoms with Gasteiger partial charge in [-0.15, -0.1) is 0 Å². The van der Waals surface area contributed by atoms with Crippen molar-refractivity contribution >= 4 is 44.8 Å². The molecule has 1 aromatic heterocycles. The van der Waals surface area contributed by atoms with Crippen LogP contribution in [0.15, 0.2) is 71.6 Å². The predicted molar refractivity (Wildman–Crippen MR) is 109 cm³/mol. The highest BCUT2D eigenvalue weighted by atomic mass is 35.5. The molecule has 0 bridgehead atoms. The molecule has 1 heterocycles. The summed E-state index contributed by atoms with van der Waals surface area (Å²) in [5.41, 5.74) is 0.932. The molecule has 0 fully saturated rings. The van der Waals surface area contributed by atoms with Crippen LogP contribution in [-0.4, -0.2) is 19.3 Å². The minimum Gasteiger partial charge on any atom is -0.346 e. The third-order valence-corrected chi connectivity index (χ3v) is 5.68. The number of benzene rings is 2. The van der Waals surface area contributed by atoms with Crippen LogP contribution in [0.3, 0.4) is 0 Å². The van der Waals surface area contributed by atoms with Crippen molar-refractivity contribution in [1.29, 1.82) is 0 Å². The van der Waals surface area contributed by atoms with E-state index in [-0.39, 0.29) is 27.3 Å². The maximum Gasteiger partial charge on any atom is 0.271 e. The summed E-state index contributed by atoms with van der Waals surface area (Å²) >= 11 is 11.8. The van der Waals surface area contributed by atoms with Gasteiger partial charge in [0.15, 0.2) is 0 Å². The largest absolute Gasteiger partial charge is 0.346 e. The second-order valence-corrected chi connectivity index (χ2v) is 8.20. The van der Waals surface area contributed by atoms with Crippen LogP contribution in [0, 0.1) is 0 Å². The minimum atomic E-state index is -3.75. The monoisotopic (exact) mass is 435 g/mol. The lowest BCUT2D eigenvalue weighted by Crippen LogP contribution is -2.25. The van der Waals surface area contributed by atoms with Gasteiger partial charge in [-0.05, 0) is 35.9 Å². The second kappa shape index (κ2) is 8.60. The SMILES string of the molecule is O=C(NCc1ccccc1NS(=O)(=O)c1ccccc1)c1nc(Cl)ccc1Cl. The molecule has 3 aromatic rings. The Morgan fingerprint density at radius 2 is 1.61 bits per heavy atom. The zero-order chi connectivity index (χ0) is 20.1. The first-order chi connectivity index (χ1) is 13.4. The average molecular weight is 436 g/mol. The number of carbonyl (C=O) groups excluding carboxylic acids is 1.